The van der Waals surface area contributed by atoms with Gasteiger partial charge in [-0.25, -0.2) is 0 Å². The van der Waals surface area contributed by atoms with E-state index in [2.05, 4.69) is 73.7 Å². The van der Waals surface area contributed by atoms with Gasteiger partial charge in [0.2, 0.25) is 0 Å². The standard InChI is InChI=1S/C18H18/c1-14-12-17(15-8-4-2-5-9-15)13-18(14)16-10-6-3-7-11-16/h2-12,14,18H,13H2,1H3. The van der Waals surface area contributed by atoms with Crippen molar-refractivity contribution >= 4 is 5.57 Å². The quantitative estimate of drug-likeness (QED) is 0.693. The maximum absolute atomic E-state index is 2.44. The van der Waals surface area contributed by atoms with Crippen molar-refractivity contribution in [2.75, 3.05) is 0 Å². The number of allylic oxidation sites excluding steroid dienone is 2. The van der Waals surface area contributed by atoms with Gasteiger partial charge < -0.3 is 0 Å². The molecule has 0 bridgehead atoms. The Morgan fingerprint density at radius 3 is 2.11 bits per heavy atom. The molecule has 90 valence electrons. The van der Waals surface area contributed by atoms with E-state index in [4.69, 9.17) is 0 Å². The van der Waals surface area contributed by atoms with E-state index < -0.39 is 0 Å². The summed E-state index contributed by atoms with van der Waals surface area (Å²) in [6.07, 6.45) is 3.60. The van der Waals surface area contributed by atoms with Gasteiger partial charge in [0.25, 0.3) is 0 Å². The largest absolute Gasteiger partial charge is 0.0772 e. The molecule has 0 nitrogen and oxygen atoms in total. The SMILES string of the molecule is CC1C=C(c2ccccc2)CC1c1ccccc1. The van der Waals surface area contributed by atoms with Crippen molar-refractivity contribution in [1.29, 1.82) is 0 Å². The topological polar surface area (TPSA) is 0 Å². The summed E-state index contributed by atoms with van der Waals surface area (Å²) in [6.45, 7) is 2.33. The first-order valence-electron chi connectivity index (χ1n) is 6.65. The van der Waals surface area contributed by atoms with Crippen LogP contribution in [0, 0.1) is 5.92 Å². The van der Waals surface area contributed by atoms with E-state index in [0.29, 0.717) is 11.8 Å². The molecule has 0 N–H and O–H groups in total. The zero-order valence-corrected chi connectivity index (χ0v) is 10.7. The molecule has 0 spiro atoms. The Bertz CT molecular complexity index is 537. The van der Waals surface area contributed by atoms with Crippen molar-refractivity contribution in [1.82, 2.24) is 0 Å². The number of rotatable bonds is 2. The Morgan fingerprint density at radius 2 is 1.44 bits per heavy atom. The normalized spacial score (nSPS) is 22.8. The van der Waals surface area contributed by atoms with Gasteiger partial charge in [0.05, 0.1) is 0 Å². The van der Waals surface area contributed by atoms with E-state index in [1.807, 2.05) is 0 Å². The van der Waals surface area contributed by atoms with Gasteiger partial charge in [0, 0.05) is 0 Å². The first kappa shape index (κ1) is 11.3. The van der Waals surface area contributed by atoms with Crippen LogP contribution >= 0.6 is 0 Å². The van der Waals surface area contributed by atoms with Crippen LogP contribution in [0.2, 0.25) is 0 Å². The highest BCUT2D eigenvalue weighted by atomic mass is 14.3. The molecule has 1 aliphatic carbocycles. The molecule has 2 aromatic rings. The fraction of sp³-hybridized carbons (Fsp3) is 0.222. The Hall–Kier alpha value is -1.82. The van der Waals surface area contributed by atoms with Crippen LogP contribution in [-0.4, -0.2) is 0 Å². The summed E-state index contributed by atoms with van der Waals surface area (Å²) in [7, 11) is 0. The summed E-state index contributed by atoms with van der Waals surface area (Å²) >= 11 is 0. The van der Waals surface area contributed by atoms with Crippen molar-refractivity contribution in [2.24, 2.45) is 5.92 Å². The van der Waals surface area contributed by atoms with Gasteiger partial charge in [-0.3, -0.25) is 0 Å². The molecule has 2 aromatic carbocycles. The van der Waals surface area contributed by atoms with Gasteiger partial charge in [-0.15, -0.1) is 0 Å². The molecule has 2 atom stereocenters. The third kappa shape index (κ3) is 2.11. The molecule has 0 aliphatic heterocycles. The van der Waals surface area contributed by atoms with E-state index in [0.717, 1.165) is 6.42 Å². The molecule has 2 unspecified atom stereocenters. The molecule has 0 radical (unpaired) electrons. The second-order valence-electron chi connectivity index (χ2n) is 5.14. The molecule has 18 heavy (non-hydrogen) atoms. The highest BCUT2D eigenvalue weighted by Gasteiger charge is 2.25. The number of hydrogen-bond acceptors (Lipinski definition) is 0. The predicted octanol–water partition coefficient (Wildman–Crippen LogP) is 4.89. The summed E-state index contributed by atoms with van der Waals surface area (Å²) in [5.74, 6) is 1.27. The molecule has 0 heteroatoms. The van der Waals surface area contributed by atoms with E-state index >= 15 is 0 Å². The van der Waals surface area contributed by atoms with Crippen LogP contribution in [0.4, 0.5) is 0 Å². The van der Waals surface area contributed by atoms with E-state index in [-0.39, 0.29) is 0 Å². The fourth-order valence-electron chi connectivity index (χ4n) is 2.91. The van der Waals surface area contributed by atoms with Crippen LogP contribution in [0.1, 0.15) is 30.4 Å². The van der Waals surface area contributed by atoms with Crippen molar-refractivity contribution < 1.29 is 0 Å². The Kier molecular flexibility index (Phi) is 3.02. The minimum Gasteiger partial charge on any atom is -0.0772 e. The lowest BCUT2D eigenvalue weighted by molar-refractivity contribution is 0.590. The summed E-state index contributed by atoms with van der Waals surface area (Å²) in [5, 5.41) is 0. The molecule has 1 aliphatic rings. The molecule has 0 amide bonds. The zero-order chi connectivity index (χ0) is 12.4. The van der Waals surface area contributed by atoms with Gasteiger partial charge in [-0.1, -0.05) is 73.7 Å². The van der Waals surface area contributed by atoms with E-state index in [9.17, 15) is 0 Å². The third-order valence-electron chi connectivity index (χ3n) is 3.91. The lowest BCUT2D eigenvalue weighted by Gasteiger charge is -2.15. The summed E-state index contributed by atoms with van der Waals surface area (Å²) in [5.41, 5.74) is 4.34. The summed E-state index contributed by atoms with van der Waals surface area (Å²) in [4.78, 5) is 0. The second kappa shape index (κ2) is 4.81. The smallest absolute Gasteiger partial charge is 0.00609 e. The van der Waals surface area contributed by atoms with Crippen LogP contribution in [0.25, 0.3) is 5.57 Å². The van der Waals surface area contributed by atoms with Gasteiger partial charge in [-0.2, -0.15) is 0 Å². The summed E-state index contributed by atoms with van der Waals surface area (Å²) < 4.78 is 0. The maximum atomic E-state index is 2.44. The molecular weight excluding hydrogens is 216 g/mol. The summed E-state index contributed by atoms with van der Waals surface area (Å²) in [6, 6.07) is 21.6. The highest BCUT2D eigenvalue weighted by molar-refractivity contribution is 5.69. The van der Waals surface area contributed by atoms with Crippen LogP contribution in [-0.2, 0) is 0 Å². The fourth-order valence-corrected chi connectivity index (χ4v) is 2.91. The number of hydrogen-bond donors (Lipinski definition) is 0. The highest BCUT2D eigenvalue weighted by Crippen LogP contribution is 2.42. The van der Waals surface area contributed by atoms with E-state index in [1.165, 1.54) is 16.7 Å². The van der Waals surface area contributed by atoms with Crippen molar-refractivity contribution in [2.45, 2.75) is 19.3 Å². The number of benzene rings is 2. The average Bonchev–Trinajstić information content (AvgIpc) is 2.83. The Balaban J connectivity index is 1.85. The van der Waals surface area contributed by atoms with Gasteiger partial charge in [-0.05, 0) is 35.0 Å². The van der Waals surface area contributed by atoms with Crippen LogP contribution in [0.3, 0.4) is 0 Å². The van der Waals surface area contributed by atoms with E-state index in [1.54, 1.807) is 0 Å². The van der Waals surface area contributed by atoms with Gasteiger partial charge in [0.15, 0.2) is 0 Å². The first-order valence-corrected chi connectivity index (χ1v) is 6.65. The molecule has 0 heterocycles. The average molecular weight is 234 g/mol. The molecule has 0 aromatic heterocycles. The van der Waals surface area contributed by atoms with Crippen molar-refractivity contribution in [3.63, 3.8) is 0 Å². The second-order valence-corrected chi connectivity index (χ2v) is 5.14. The predicted molar refractivity (Wildman–Crippen MR) is 77.4 cm³/mol. The van der Waals surface area contributed by atoms with Crippen molar-refractivity contribution in [3.05, 3.63) is 77.9 Å². The lowest BCUT2D eigenvalue weighted by Crippen LogP contribution is -2.01. The van der Waals surface area contributed by atoms with Crippen LogP contribution < -0.4 is 0 Å². The minimum absolute atomic E-state index is 0.627. The van der Waals surface area contributed by atoms with Gasteiger partial charge in [0.1, 0.15) is 0 Å². The molecule has 0 saturated carbocycles. The van der Waals surface area contributed by atoms with Gasteiger partial charge >= 0.3 is 0 Å². The Morgan fingerprint density at radius 1 is 0.833 bits per heavy atom. The monoisotopic (exact) mass is 234 g/mol. The maximum Gasteiger partial charge on any atom is -0.00609 e. The lowest BCUT2D eigenvalue weighted by atomic mass is 9.89. The third-order valence-corrected chi connectivity index (χ3v) is 3.91. The van der Waals surface area contributed by atoms with Crippen LogP contribution in [0.15, 0.2) is 66.7 Å². The zero-order valence-electron chi connectivity index (χ0n) is 10.7. The molecular formula is C18H18. The van der Waals surface area contributed by atoms with Crippen molar-refractivity contribution in [3.8, 4) is 0 Å². The minimum atomic E-state index is 0.627. The van der Waals surface area contributed by atoms with Crippen LogP contribution in [0.5, 0.6) is 0 Å². The molecule has 0 saturated heterocycles. The first-order chi connectivity index (χ1) is 8.84. The molecule has 3 rings (SSSR count). The molecule has 0 fully saturated rings. The Labute approximate surface area is 109 Å².